The Kier molecular flexibility index (Phi) is 1.29. The van der Waals surface area contributed by atoms with Crippen LogP contribution in [0.1, 0.15) is 5.01 Å². The second kappa shape index (κ2) is 2.17. The number of anilines is 1. The van der Waals surface area contributed by atoms with Gasteiger partial charge in [0.25, 0.3) is 0 Å². The fraction of sp³-hybridized carbons (Fsp3) is 0.143. The van der Waals surface area contributed by atoms with Gasteiger partial charge in [-0.15, -0.1) is 11.3 Å². The zero-order valence-electron chi connectivity index (χ0n) is 6.03. The second-order valence-corrected chi connectivity index (χ2v) is 3.53. The Hall–Kier alpha value is -1.16. The minimum absolute atomic E-state index is 0.530. The van der Waals surface area contributed by atoms with Crippen molar-refractivity contribution in [3.05, 3.63) is 17.1 Å². The molecule has 0 fully saturated rings. The van der Waals surface area contributed by atoms with Crippen LogP contribution in [0.4, 0.5) is 5.82 Å². The van der Waals surface area contributed by atoms with E-state index in [0.717, 1.165) is 15.4 Å². The lowest BCUT2D eigenvalue weighted by molar-refractivity contribution is 1.27. The Morgan fingerprint density at radius 1 is 1.36 bits per heavy atom. The maximum Gasteiger partial charge on any atom is 0.172 e. The maximum atomic E-state index is 5.49. The summed E-state index contributed by atoms with van der Waals surface area (Å²) in [6, 6.07) is 3.74. The molecule has 0 aliphatic carbocycles. The van der Waals surface area contributed by atoms with Crippen molar-refractivity contribution in [1.82, 2.24) is 9.97 Å². The molecule has 2 heterocycles. The minimum Gasteiger partial charge on any atom is -0.384 e. The zero-order valence-corrected chi connectivity index (χ0v) is 6.85. The second-order valence-electron chi connectivity index (χ2n) is 2.29. The third-order valence-electron chi connectivity index (χ3n) is 1.38. The van der Waals surface area contributed by atoms with Gasteiger partial charge < -0.3 is 5.73 Å². The zero-order chi connectivity index (χ0) is 7.84. The number of fused-ring (bicyclic) bond motifs is 1. The summed E-state index contributed by atoms with van der Waals surface area (Å²) in [6.07, 6.45) is 0. The van der Waals surface area contributed by atoms with Crippen molar-refractivity contribution in [1.29, 1.82) is 0 Å². The summed E-state index contributed by atoms with van der Waals surface area (Å²) in [6.45, 7) is 1.96. The first-order valence-electron chi connectivity index (χ1n) is 3.25. The number of hydrogen-bond acceptors (Lipinski definition) is 4. The molecule has 2 N–H and O–H groups in total. The minimum atomic E-state index is 0.530. The summed E-state index contributed by atoms with van der Waals surface area (Å²) in [5.41, 5.74) is 6.24. The van der Waals surface area contributed by atoms with E-state index in [2.05, 4.69) is 9.97 Å². The lowest BCUT2D eigenvalue weighted by Crippen LogP contribution is -1.88. The Morgan fingerprint density at radius 3 is 3.00 bits per heavy atom. The molecule has 0 bridgehead atoms. The molecule has 0 aliphatic rings. The molecule has 0 radical (unpaired) electrons. The predicted octanol–water partition coefficient (Wildman–Crippen LogP) is 1.58. The average Bonchev–Trinajstić information content (AvgIpc) is 2.27. The van der Waals surface area contributed by atoms with Gasteiger partial charge in [-0.05, 0) is 19.1 Å². The molecule has 0 spiro atoms. The molecule has 2 aromatic rings. The highest BCUT2D eigenvalue weighted by Gasteiger charge is 1.99. The Balaban J connectivity index is 2.82. The first-order chi connectivity index (χ1) is 5.25. The van der Waals surface area contributed by atoms with Gasteiger partial charge in [0.2, 0.25) is 0 Å². The molecule has 11 heavy (non-hydrogen) atoms. The summed E-state index contributed by atoms with van der Waals surface area (Å²) in [5, 5.41) is 1.03. The summed E-state index contributed by atoms with van der Waals surface area (Å²) in [7, 11) is 0. The van der Waals surface area contributed by atoms with Crippen molar-refractivity contribution in [2.45, 2.75) is 6.92 Å². The lowest BCUT2D eigenvalue weighted by atomic mass is 10.4. The molecule has 0 aliphatic heterocycles. The van der Waals surface area contributed by atoms with Crippen molar-refractivity contribution >= 4 is 27.5 Å². The van der Waals surface area contributed by atoms with Crippen molar-refractivity contribution < 1.29 is 0 Å². The average molecular weight is 165 g/mol. The SMILES string of the molecule is Cc1nc2nc(N)ccc2s1. The van der Waals surface area contributed by atoms with Gasteiger partial charge in [0.05, 0.1) is 9.71 Å². The maximum absolute atomic E-state index is 5.49. The topological polar surface area (TPSA) is 51.8 Å². The van der Waals surface area contributed by atoms with Crippen LogP contribution in [-0.4, -0.2) is 9.97 Å². The molecular weight excluding hydrogens is 158 g/mol. The summed E-state index contributed by atoms with van der Waals surface area (Å²) >= 11 is 1.63. The van der Waals surface area contributed by atoms with Crippen molar-refractivity contribution in [3.8, 4) is 0 Å². The fourth-order valence-corrected chi connectivity index (χ4v) is 1.71. The number of aryl methyl sites for hydroxylation is 1. The molecule has 0 saturated carbocycles. The van der Waals surface area contributed by atoms with E-state index in [-0.39, 0.29) is 0 Å². The highest BCUT2D eigenvalue weighted by Crippen LogP contribution is 2.19. The van der Waals surface area contributed by atoms with E-state index in [0.29, 0.717) is 5.82 Å². The Morgan fingerprint density at radius 2 is 2.18 bits per heavy atom. The normalized spacial score (nSPS) is 10.6. The third kappa shape index (κ3) is 1.05. The lowest BCUT2D eigenvalue weighted by Gasteiger charge is -1.88. The summed E-state index contributed by atoms with van der Waals surface area (Å²) in [4.78, 5) is 8.27. The van der Waals surface area contributed by atoms with Gasteiger partial charge in [0, 0.05) is 0 Å². The van der Waals surface area contributed by atoms with E-state index in [4.69, 9.17) is 5.73 Å². The summed E-state index contributed by atoms with van der Waals surface area (Å²) in [5.74, 6) is 0.530. The van der Waals surface area contributed by atoms with Crippen LogP contribution in [0.2, 0.25) is 0 Å². The number of rotatable bonds is 0. The third-order valence-corrected chi connectivity index (χ3v) is 2.31. The number of nitrogens with two attached hydrogens (primary N) is 1. The number of thiazole rings is 1. The van der Waals surface area contributed by atoms with Crippen molar-refractivity contribution in [2.24, 2.45) is 0 Å². The van der Waals surface area contributed by atoms with Crippen molar-refractivity contribution in [3.63, 3.8) is 0 Å². The van der Waals surface area contributed by atoms with Crippen LogP contribution in [0, 0.1) is 6.92 Å². The molecule has 0 saturated heterocycles. The Bertz CT molecular complexity index is 393. The van der Waals surface area contributed by atoms with Gasteiger partial charge in [0.1, 0.15) is 5.82 Å². The van der Waals surface area contributed by atoms with Gasteiger partial charge in [-0.25, -0.2) is 9.97 Å². The largest absolute Gasteiger partial charge is 0.384 e. The summed E-state index contributed by atoms with van der Waals surface area (Å²) < 4.78 is 1.09. The monoisotopic (exact) mass is 165 g/mol. The van der Waals surface area contributed by atoms with Crippen LogP contribution in [0.25, 0.3) is 10.3 Å². The van der Waals surface area contributed by atoms with Gasteiger partial charge in [-0.2, -0.15) is 0 Å². The first-order valence-corrected chi connectivity index (χ1v) is 4.07. The number of aromatic nitrogens is 2. The quantitative estimate of drug-likeness (QED) is 0.644. The molecule has 56 valence electrons. The number of hydrogen-bond donors (Lipinski definition) is 1. The number of nitrogens with zero attached hydrogens (tertiary/aromatic N) is 2. The van der Waals surface area contributed by atoms with Crippen LogP contribution < -0.4 is 5.73 Å². The fourth-order valence-electron chi connectivity index (χ4n) is 0.941. The van der Waals surface area contributed by atoms with E-state index in [1.54, 1.807) is 17.4 Å². The van der Waals surface area contributed by atoms with Gasteiger partial charge in [0.15, 0.2) is 5.65 Å². The smallest absolute Gasteiger partial charge is 0.172 e. The van der Waals surface area contributed by atoms with E-state index < -0.39 is 0 Å². The highest BCUT2D eigenvalue weighted by atomic mass is 32.1. The molecule has 3 nitrogen and oxygen atoms in total. The molecule has 0 aromatic carbocycles. The molecule has 2 rings (SSSR count). The molecule has 0 amide bonds. The van der Waals surface area contributed by atoms with E-state index in [1.165, 1.54) is 0 Å². The Labute approximate surface area is 67.9 Å². The first kappa shape index (κ1) is 6.54. The van der Waals surface area contributed by atoms with Crippen LogP contribution in [0.3, 0.4) is 0 Å². The van der Waals surface area contributed by atoms with Crippen LogP contribution in [-0.2, 0) is 0 Å². The van der Waals surface area contributed by atoms with Crippen molar-refractivity contribution in [2.75, 3.05) is 5.73 Å². The van der Waals surface area contributed by atoms with Crippen LogP contribution in [0.5, 0.6) is 0 Å². The number of nitrogen functional groups attached to an aromatic ring is 1. The standard InChI is InChI=1S/C7H7N3S/c1-4-9-7-5(11-4)2-3-6(8)10-7/h2-3H,1H3,(H2,8,10). The van der Waals surface area contributed by atoms with E-state index in [1.807, 2.05) is 13.0 Å². The number of pyridine rings is 1. The molecule has 0 atom stereocenters. The van der Waals surface area contributed by atoms with Gasteiger partial charge in [-0.3, -0.25) is 0 Å². The highest BCUT2D eigenvalue weighted by molar-refractivity contribution is 7.18. The van der Waals surface area contributed by atoms with Crippen LogP contribution >= 0.6 is 11.3 Å². The molecular formula is C7H7N3S. The molecule has 0 unspecified atom stereocenters. The van der Waals surface area contributed by atoms with Crippen LogP contribution in [0.15, 0.2) is 12.1 Å². The molecule has 2 aromatic heterocycles. The van der Waals surface area contributed by atoms with E-state index in [9.17, 15) is 0 Å². The van der Waals surface area contributed by atoms with Gasteiger partial charge in [-0.1, -0.05) is 0 Å². The van der Waals surface area contributed by atoms with E-state index >= 15 is 0 Å². The van der Waals surface area contributed by atoms with Gasteiger partial charge >= 0.3 is 0 Å². The molecule has 4 heteroatoms. The predicted molar refractivity (Wildman–Crippen MR) is 46.6 cm³/mol.